The van der Waals surface area contributed by atoms with E-state index in [1.165, 1.54) is 9.75 Å². The van der Waals surface area contributed by atoms with Crippen molar-refractivity contribution >= 4 is 17.3 Å². The molecule has 0 aliphatic heterocycles. The molecule has 0 fully saturated rings. The summed E-state index contributed by atoms with van der Waals surface area (Å²) in [5.41, 5.74) is 1.33. The molecule has 0 radical (unpaired) electrons. The monoisotopic (exact) mass is 275 g/mol. The standard InChI is InChI=1S/C15H17NO2S/c1-2-13-6-7-14(19-13)10-16-9-11-4-3-5-12(8-11)15(17)18/h3-8,16H,2,9-10H2,1H3,(H,17,18). The molecule has 0 unspecified atom stereocenters. The highest BCUT2D eigenvalue weighted by atomic mass is 32.1. The van der Waals surface area contributed by atoms with Gasteiger partial charge in [-0.15, -0.1) is 11.3 Å². The Morgan fingerprint density at radius 2 is 2.00 bits per heavy atom. The highest BCUT2D eigenvalue weighted by Gasteiger charge is 2.03. The van der Waals surface area contributed by atoms with Crippen molar-refractivity contribution in [1.82, 2.24) is 5.32 Å². The third-order valence-electron chi connectivity index (χ3n) is 2.87. The lowest BCUT2D eigenvalue weighted by molar-refractivity contribution is 0.0696. The second kappa shape index (κ2) is 6.50. The van der Waals surface area contributed by atoms with Crippen LogP contribution in [0.25, 0.3) is 0 Å². The van der Waals surface area contributed by atoms with Crippen molar-refractivity contribution < 1.29 is 9.90 Å². The van der Waals surface area contributed by atoms with E-state index < -0.39 is 5.97 Å². The topological polar surface area (TPSA) is 49.3 Å². The summed E-state index contributed by atoms with van der Waals surface area (Å²) in [6, 6.07) is 11.3. The molecule has 0 spiro atoms. The Balaban J connectivity index is 1.88. The first-order chi connectivity index (χ1) is 9.19. The first-order valence-electron chi connectivity index (χ1n) is 6.29. The summed E-state index contributed by atoms with van der Waals surface area (Å²) in [4.78, 5) is 13.6. The smallest absolute Gasteiger partial charge is 0.335 e. The van der Waals surface area contributed by atoms with Gasteiger partial charge < -0.3 is 10.4 Å². The van der Waals surface area contributed by atoms with E-state index in [2.05, 4.69) is 24.4 Å². The number of rotatable bonds is 6. The SMILES string of the molecule is CCc1ccc(CNCc2cccc(C(=O)O)c2)s1. The van der Waals surface area contributed by atoms with Gasteiger partial charge in [-0.1, -0.05) is 19.1 Å². The van der Waals surface area contributed by atoms with Crippen LogP contribution in [0.2, 0.25) is 0 Å². The molecule has 0 aliphatic rings. The van der Waals surface area contributed by atoms with Crippen molar-refractivity contribution in [1.29, 1.82) is 0 Å². The molecule has 2 aromatic rings. The minimum atomic E-state index is -0.882. The fourth-order valence-electron chi connectivity index (χ4n) is 1.85. The first-order valence-corrected chi connectivity index (χ1v) is 7.11. The van der Waals surface area contributed by atoms with Crippen LogP contribution >= 0.6 is 11.3 Å². The van der Waals surface area contributed by atoms with Gasteiger partial charge in [0.15, 0.2) is 0 Å². The van der Waals surface area contributed by atoms with E-state index in [9.17, 15) is 4.79 Å². The van der Waals surface area contributed by atoms with Gasteiger partial charge in [-0.25, -0.2) is 4.79 Å². The van der Waals surface area contributed by atoms with Crippen LogP contribution in [-0.2, 0) is 19.5 Å². The van der Waals surface area contributed by atoms with Gasteiger partial charge in [0.2, 0.25) is 0 Å². The predicted octanol–water partition coefficient (Wildman–Crippen LogP) is 3.30. The Morgan fingerprint density at radius 3 is 2.68 bits per heavy atom. The van der Waals surface area contributed by atoms with Gasteiger partial charge in [0.1, 0.15) is 0 Å². The number of carboxylic acids is 1. The van der Waals surface area contributed by atoms with E-state index >= 15 is 0 Å². The Labute approximate surface area is 116 Å². The number of hydrogen-bond donors (Lipinski definition) is 2. The van der Waals surface area contributed by atoms with Gasteiger partial charge in [-0.2, -0.15) is 0 Å². The van der Waals surface area contributed by atoms with Crippen LogP contribution in [0.1, 0.15) is 32.6 Å². The summed E-state index contributed by atoms with van der Waals surface area (Å²) in [6.07, 6.45) is 1.07. The Bertz CT molecular complexity index is 563. The normalized spacial score (nSPS) is 10.6. The van der Waals surface area contributed by atoms with E-state index in [0.29, 0.717) is 12.1 Å². The number of carboxylic acid groups (broad SMARTS) is 1. The first kappa shape index (κ1) is 13.8. The summed E-state index contributed by atoms with van der Waals surface area (Å²) in [7, 11) is 0. The van der Waals surface area contributed by atoms with Crippen LogP contribution in [0, 0.1) is 0 Å². The van der Waals surface area contributed by atoms with Gasteiger partial charge in [0.25, 0.3) is 0 Å². The summed E-state index contributed by atoms with van der Waals surface area (Å²) in [5, 5.41) is 12.3. The number of hydrogen-bond acceptors (Lipinski definition) is 3. The van der Waals surface area contributed by atoms with Crippen molar-refractivity contribution in [3.05, 3.63) is 57.3 Å². The zero-order valence-corrected chi connectivity index (χ0v) is 11.7. The second-order valence-electron chi connectivity index (χ2n) is 4.33. The van der Waals surface area contributed by atoms with E-state index in [0.717, 1.165) is 18.5 Å². The number of carbonyl (C=O) groups is 1. The largest absolute Gasteiger partial charge is 0.478 e. The van der Waals surface area contributed by atoms with Crippen LogP contribution in [0.15, 0.2) is 36.4 Å². The fraction of sp³-hybridized carbons (Fsp3) is 0.267. The zero-order valence-electron chi connectivity index (χ0n) is 10.8. The minimum Gasteiger partial charge on any atom is -0.478 e. The molecule has 0 atom stereocenters. The molecule has 0 bridgehead atoms. The minimum absolute atomic E-state index is 0.337. The molecule has 0 saturated heterocycles. The highest BCUT2D eigenvalue weighted by molar-refractivity contribution is 7.11. The predicted molar refractivity (Wildman–Crippen MR) is 77.6 cm³/mol. The second-order valence-corrected chi connectivity index (χ2v) is 5.58. The molecule has 1 aromatic heterocycles. The molecular formula is C15H17NO2S. The third kappa shape index (κ3) is 3.91. The van der Waals surface area contributed by atoms with E-state index in [4.69, 9.17) is 5.11 Å². The lowest BCUT2D eigenvalue weighted by atomic mass is 10.1. The molecule has 100 valence electrons. The van der Waals surface area contributed by atoms with E-state index in [1.807, 2.05) is 17.4 Å². The van der Waals surface area contributed by atoms with Crippen molar-refractivity contribution in [3.8, 4) is 0 Å². The maximum Gasteiger partial charge on any atom is 0.335 e. The zero-order chi connectivity index (χ0) is 13.7. The number of aryl methyl sites for hydroxylation is 1. The third-order valence-corrected chi connectivity index (χ3v) is 4.10. The van der Waals surface area contributed by atoms with Crippen molar-refractivity contribution in [2.24, 2.45) is 0 Å². The maximum absolute atomic E-state index is 10.9. The molecule has 2 N–H and O–H groups in total. The molecule has 0 aliphatic carbocycles. The fourth-order valence-corrected chi connectivity index (χ4v) is 2.78. The molecule has 1 heterocycles. The average molecular weight is 275 g/mol. The van der Waals surface area contributed by atoms with Crippen molar-refractivity contribution in [2.45, 2.75) is 26.4 Å². The maximum atomic E-state index is 10.9. The molecule has 0 amide bonds. The summed E-state index contributed by atoms with van der Waals surface area (Å²) in [6.45, 7) is 3.66. The van der Waals surface area contributed by atoms with Crippen LogP contribution < -0.4 is 5.32 Å². The number of aromatic carboxylic acids is 1. The average Bonchev–Trinajstić information content (AvgIpc) is 2.87. The summed E-state index contributed by atoms with van der Waals surface area (Å²) < 4.78 is 0. The van der Waals surface area contributed by atoms with Crippen molar-refractivity contribution in [2.75, 3.05) is 0 Å². The van der Waals surface area contributed by atoms with E-state index in [-0.39, 0.29) is 0 Å². The van der Waals surface area contributed by atoms with Crippen LogP contribution in [-0.4, -0.2) is 11.1 Å². The van der Waals surface area contributed by atoms with Crippen LogP contribution in [0.5, 0.6) is 0 Å². The number of benzene rings is 1. The van der Waals surface area contributed by atoms with Crippen molar-refractivity contribution in [3.63, 3.8) is 0 Å². The molecular weight excluding hydrogens is 258 g/mol. The van der Waals surface area contributed by atoms with E-state index in [1.54, 1.807) is 18.2 Å². The Hall–Kier alpha value is -1.65. The van der Waals surface area contributed by atoms with Crippen LogP contribution in [0.4, 0.5) is 0 Å². The Kier molecular flexibility index (Phi) is 4.71. The lowest BCUT2D eigenvalue weighted by Gasteiger charge is -2.04. The molecule has 1 aromatic carbocycles. The molecule has 2 rings (SSSR count). The van der Waals surface area contributed by atoms with Gasteiger partial charge >= 0.3 is 5.97 Å². The summed E-state index contributed by atoms with van der Waals surface area (Å²) >= 11 is 1.82. The molecule has 4 heteroatoms. The Morgan fingerprint density at radius 1 is 1.21 bits per heavy atom. The lowest BCUT2D eigenvalue weighted by Crippen LogP contribution is -2.12. The number of nitrogens with one attached hydrogen (secondary N) is 1. The summed E-state index contributed by atoms with van der Waals surface area (Å²) in [5.74, 6) is -0.882. The number of thiophene rings is 1. The molecule has 3 nitrogen and oxygen atoms in total. The van der Waals surface area contributed by atoms with Crippen LogP contribution in [0.3, 0.4) is 0 Å². The van der Waals surface area contributed by atoms with Gasteiger partial charge in [0, 0.05) is 22.8 Å². The quantitative estimate of drug-likeness (QED) is 0.850. The van der Waals surface area contributed by atoms with Gasteiger partial charge in [-0.3, -0.25) is 0 Å². The molecule has 0 saturated carbocycles. The molecule has 19 heavy (non-hydrogen) atoms. The highest BCUT2D eigenvalue weighted by Crippen LogP contribution is 2.16. The van der Waals surface area contributed by atoms with Gasteiger partial charge in [0.05, 0.1) is 5.56 Å². The van der Waals surface area contributed by atoms with Gasteiger partial charge in [-0.05, 0) is 36.2 Å².